The number of para-hydroxylation sites is 1. The summed E-state index contributed by atoms with van der Waals surface area (Å²) >= 11 is 0. The quantitative estimate of drug-likeness (QED) is 0.414. The van der Waals surface area contributed by atoms with Crippen LogP contribution in [0.1, 0.15) is 24.0 Å². The Labute approximate surface area is 198 Å². The highest BCUT2D eigenvalue weighted by molar-refractivity contribution is 5.86. The van der Waals surface area contributed by atoms with Crippen LogP contribution in [0.5, 0.6) is 5.75 Å². The molecule has 1 saturated heterocycles. The first-order valence-corrected chi connectivity index (χ1v) is 11.5. The number of pyridine rings is 1. The van der Waals surface area contributed by atoms with E-state index in [0.717, 1.165) is 30.5 Å². The number of anilines is 1. The summed E-state index contributed by atoms with van der Waals surface area (Å²) in [5, 5.41) is 13.5. The number of benzene rings is 2. The first-order valence-electron chi connectivity index (χ1n) is 11.5. The molecule has 0 saturated carbocycles. The summed E-state index contributed by atoms with van der Waals surface area (Å²) in [4.78, 5) is 20.1. The fourth-order valence-electron chi connectivity index (χ4n) is 4.40. The van der Waals surface area contributed by atoms with Gasteiger partial charge in [-0.15, -0.1) is 0 Å². The molecule has 4 aromatic rings. The molecule has 0 unspecified atom stereocenters. The maximum absolute atomic E-state index is 13.2. The van der Waals surface area contributed by atoms with Gasteiger partial charge in [-0.1, -0.05) is 42.0 Å². The Kier molecular flexibility index (Phi) is 6.04. The molecule has 1 amide bonds. The number of aromatic hydroxyl groups is 1. The van der Waals surface area contributed by atoms with E-state index in [0.29, 0.717) is 29.4 Å². The van der Waals surface area contributed by atoms with Crippen LogP contribution < -0.4 is 10.2 Å². The molecule has 0 radical (unpaired) electrons. The fraction of sp³-hybridized carbons (Fsp3) is 0.214. The van der Waals surface area contributed by atoms with Gasteiger partial charge in [0.15, 0.2) is 0 Å². The molecule has 1 atom stereocenters. The van der Waals surface area contributed by atoms with E-state index in [1.807, 2.05) is 67.6 Å². The molecule has 0 bridgehead atoms. The SMILES string of the molecule is Cc1ccc(CNC(=O)[C@@H]2CCCN2c2cc(-c3ccco3)cc(-c3ccccc3O)n2)cc1. The van der Waals surface area contributed by atoms with E-state index in [2.05, 4.69) is 10.2 Å². The molecule has 0 spiro atoms. The molecule has 2 N–H and O–H groups in total. The summed E-state index contributed by atoms with van der Waals surface area (Å²) < 4.78 is 5.64. The second-order valence-electron chi connectivity index (χ2n) is 8.65. The molecule has 0 aliphatic carbocycles. The molecule has 2 aromatic carbocycles. The van der Waals surface area contributed by atoms with Crippen LogP contribution in [0.4, 0.5) is 5.82 Å². The third kappa shape index (κ3) is 4.53. The van der Waals surface area contributed by atoms with E-state index in [-0.39, 0.29) is 17.7 Å². The Bertz CT molecular complexity index is 1280. The van der Waals surface area contributed by atoms with Crippen LogP contribution in [0, 0.1) is 6.92 Å². The standard InChI is InChI=1S/C28H27N3O3/c1-19-10-12-20(13-11-19)18-29-28(33)24-7-4-14-31(24)27-17-21(26-9-5-15-34-26)16-23(30-27)22-6-2-3-8-25(22)32/h2-3,5-6,8-13,15-17,24,32H,4,7,14,18H2,1H3,(H,29,33)/t24-/m0/s1. The number of aromatic nitrogens is 1. The topological polar surface area (TPSA) is 78.6 Å². The van der Waals surface area contributed by atoms with E-state index in [1.54, 1.807) is 18.4 Å². The number of hydrogen-bond acceptors (Lipinski definition) is 5. The number of carbonyl (C=O) groups excluding carboxylic acids is 1. The van der Waals surface area contributed by atoms with Crippen molar-refractivity contribution in [1.29, 1.82) is 0 Å². The maximum atomic E-state index is 13.2. The third-order valence-electron chi connectivity index (χ3n) is 6.23. The molecule has 172 valence electrons. The smallest absolute Gasteiger partial charge is 0.243 e. The zero-order chi connectivity index (χ0) is 23.5. The number of amides is 1. The van der Waals surface area contributed by atoms with Crippen molar-refractivity contribution in [2.45, 2.75) is 32.4 Å². The number of furan rings is 1. The number of rotatable bonds is 6. The van der Waals surface area contributed by atoms with Gasteiger partial charge >= 0.3 is 0 Å². The number of hydrogen-bond donors (Lipinski definition) is 2. The van der Waals surface area contributed by atoms with Gasteiger partial charge in [0.05, 0.1) is 12.0 Å². The van der Waals surface area contributed by atoms with Crippen molar-refractivity contribution in [3.8, 4) is 28.3 Å². The van der Waals surface area contributed by atoms with Crippen LogP contribution in [0.2, 0.25) is 0 Å². The number of phenolic OH excluding ortho intramolecular Hbond substituents is 1. The predicted molar refractivity (Wildman–Crippen MR) is 132 cm³/mol. The number of carbonyl (C=O) groups is 1. The summed E-state index contributed by atoms with van der Waals surface area (Å²) in [7, 11) is 0. The normalized spacial score (nSPS) is 15.4. The Morgan fingerprint density at radius 1 is 1.12 bits per heavy atom. The lowest BCUT2D eigenvalue weighted by Gasteiger charge is -2.26. The molecule has 6 heteroatoms. The van der Waals surface area contributed by atoms with Crippen LogP contribution in [0.15, 0.2) is 83.5 Å². The lowest BCUT2D eigenvalue weighted by Crippen LogP contribution is -2.43. The number of aryl methyl sites for hydroxylation is 1. The second kappa shape index (κ2) is 9.43. The summed E-state index contributed by atoms with van der Waals surface area (Å²) in [5.74, 6) is 1.55. The first kappa shape index (κ1) is 21.8. The van der Waals surface area contributed by atoms with Gasteiger partial charge in [-0.3, -0.25) is 4.79 Å². The van der Waals surface area contributed by atoms with Crippen LogP contribution in [0.25, 0.3) is 22.6 Å². The van der Waals surface area contributed by atoms with E-state index in [4.69, 9.17) is 9.40 Å². The molecular weight excluding hydrogens is 426 g/mol. The lowest BCUT2D eigenvalue weighted by molar-refractivity contribution is -0.122. The Hall–Kier alpha value is -4.06. The highest BCUT2D eigenvalue weighted by Gasteiger charge is 2.32. The van der Waals surface area contributed by atoms with Crippen molar-refractivity contribution in [3.05, 3.63) is 90.2 Å². The van der Waals surface area contributed by atoms with Gasteiger partial charge in [0.1, 0.15) is 23.4 Å². The monoisotopic (exact) mass is 453 g/mol. The van der Waals surface area contributed by atoms with Crippen LogP contribution >= 0.6 is 0 Å². The van der Waals surface area contributed by atoms with E-state index < -0.39 is 0 Å². The Morgan fingerprint density at radius 3 is 2.71 bits per heavy atom. The zero-order valence-electron chi connectivity index (χ0n) is 19.1. The average Bonchev–Trinajstić information content (AvgIpc) is 3.56. The molecule has 1 aliphatic heterocycles. The van der Waals surface area contributed by atoms with Crippen LogP contribution in [-0.4, -0.2) is 28.6 Å². The van der Waals surface area contributed by atoms with Gasteiger partial charge in [0.2, 0.25) is 5.91 Å². The van der Waals surface area contributed by atoms with Gasteiger partial charge in [0, 0.05) is 24.2 Å². The molecule has 34 heavy (non-hydrogen) atoms. The molecular formula is C28H27N3O3. The molecule has 5 rings (SSSR count). The average molecular weight is 454 g/mol. The van der Waals surface area contributed by atoms with Gasteiger partial charge in [-0.25, -0.2) is 4.98 Å². The maximum Gasteiger partial charge on any atom is 0.243 e. The van der Waals surface area contributed by atoms with E-state index in [1.165, 1.54) is 5.56 Å². The minimum atomic E-state index is -0.304. The highest BCUT2D eigenvalue weighted by Crippen LogP contribution is 2.35. The van der Waals surface area contributed by atoms with Gasteiger partial charge in [0.25, 0.3) is 0 Å². The van der Waals surface area contributed by atoms with Gasteiger partial charge in [-0.05, 0) is 61.7 Å². The molecule has 1 aliphatic rings. The van der Waals surface area contributed by atoms with Crippen molar-refractivity contribution in [1.82, 2.24) is 10.3 Å². The number of nitrogens with zero attached hydrogens (tertiary/aromatic N) is 2. The second-order valence-corrected chi connectivity index (χ2v) is 8.65. The largest absolute Gasteiger partial charge is 0.507 e. The van der Waals surface area contributed by atoms with E-state index >= 15 is 0 Å². The van der Waals surface area contributed by atoms with Crippen molar-refractivity contribution < 1.29 is 14.3 Å². The number of nitrogens with one attached hydrogen (secondary N) is 1. The Balaban J connectivity index is 1.44. The number of phenols is 1. The summed E-state index contributed by atoms with van der Waals surface area (Å²) in [6, 6.07) is 22.6. The third-order valence-corrected chi connectivity index (χ3v) is 6.23. The minimum Gasteiger partial charge on any atom is -0.507 e. The summed E-state index contributed by atoms with van der Waals surface area (Å²) in [6.07, 6.45) is 3.30. The predicted octanol–water partition coefficient (Wildman–Crippen LogP) is 5.31. The van der Waals surface area contributed by atoms with Crippen LogP contribution in [-0.2, 0) is 11.3 Å². The molecule has 1 fully saturated rings. The van der Waals surface area contributed by atoms with Crippen LogP contribution in [0.3, 0.4) is 0 Å². The van der Waals surface area contributed by atoms with Crippen molar-refractivity contribution in [2.75, 3.05) is 11.4 Å². The highest BCUT2D eigenvalue weighted by atomic mass is 16.3. The van der Waals surface area contributed by atoms with Gasteiger partial charge < -0.3 is 19.7 Å². The lowest BCUT2D eigenvalue weighted by atomic mass is 10.1. The first-order chi connectivity index (χ1) is 16.6. The van der Waals surface area contributed by atoms with Crippen molar-refractivity contribution in [3.63, 3.8) is 0 Å². The zero-order valence-corrected chi connectivity index (χ0v) is 19.1. The fourth-order valence-corrected chi connectivity index (χ4v) is 4.40. The molecule has 6 nitrogen and oxygen atoms in total. The summed E-state index contributed by atoms with van der Waals surface area (Å²) in [6.45, 7) is 3.27. The Morgan fingerprint density at radius 2 is 1.94 bits per heavy atom. The summed E-state index contributed by atoms with van der Waals surface area (Å²) in [5.41, 5.74) is 4.38. The minimum absolute atomic E-state index is 0.00705. The van der Waals surface area contributed by atoms with Crippen molar-refractivity contribution in [2.24, 2.45) is 0 Å². The molecule has 2 aromatic heterocycles. The van der Waals surface area contributed by atoms with Gasteiger partial charge in [-0.2, -0.15) is 0 Å². The van der Waals surface area contributed by atoms with E-state index in [9.17, 15) is 9.90 Å². The van der Waals surface area contributed by atoms with Crippen molar-refractivity contribution >= 4 is 11.7 Å². The molecule has 3 heterocycles.